The molecule has 2 fully saturated rings. The van der Waals surface area contributed by atoms with Gasteiger partial charge in [-0.05, 0) is 43.3 Å². The minimum atomic E-state index is 0.237. The molecule has 1 saturated carbocycles. The van der Waals surface area contributed by atoms with Gasteiger partial charge in [0.25, 0.3) is 0 Å². The number of ether oxygens (including phenoxy) is 1. The fraction of sp³-hybridized carbons (Fsp3) is 1.00. The zero-order chi connectivity index (χ0) is 12.3. The lowest BCUT2D eigenvalue weighted by molar-refractivity contribution is -0.146. The van der Waals surface area contributed by atoms with Crippen molar-refractivity contribution < 1.29 is 4.74 Å². The molecule has 17 heavy (non-hydrogen) atoms. The van der Waals surface area contributed by atoms with E-state index in [-0.39, 0.29) is 5.60 Å². The average molecular weight is 258 g/mol. The standard InChI is InChI=1S/C13H26N2OS/c1-10(2)17-9-12(15-14)11-4-7-16-13(8-11)5-3-6-13/h10-12,15H,3-9,14H2,1-2H3. The van der Waals surface area contributed by atoms with E-state index < -0.39 is 0 Å². The second-order valence-electron chi connectivity index (χ2n) is 5.79. The minimum Gasteiger partial charge on any atom is -0.375 e. The van der Waals surface area contributed by atoms with Gasteiger partial charge in [0.15, 0.2) is 0 Å². The van der Waals surface area contributed by atoms with Gasteiger partial charge in [-0.25, -0.2) is 0 Å². The van der Waals surface area contributed by atoms with E-state index in [0.29, 0.717) is 17.2 Å². The van der Waals surface area contributed by atoms with Crippen molar-refractivity contribution in [1.82, 2.24) is 5.43 Å². The molecule has 3 N–H and O–H groups in total. The Kier molecular flexibility index (Phi) is 4.75. The van der Waals surface area contributed by atoms with Gasteiger partial charge in [0.1, 0.15) is 0 Å². The first kappa shape index (κ1) is 13.7. The van der Waals surface area contributed by atoms with Gasteiger partial charge in [-0.15, -0.1) is 0 Å². The summed E-state index contributed by atoms with van der Waals surface area (Å²) < 4.78 is 5.98. The van der Waals surface area contributed by atoms with Crippen LogP contribution in [0.25, 0.3) is 0 Å². The van der Waals surface area contributed by atoms with Crippen LogP contribution in [0, 0.1) is 5.92 Å². The average Bonchev–Trinajstić information content (AvgIpc) is 2.28. The molecule has 2 unspecified atom stereocenters. The molecule has 3 nitrogen and oxygen atoms in total. The number of nitrogens with two attached hydrogens (primary N) is 1. The van der Waals surface area contributed by atoms with Crippen LogP contribution in [0.2, 0.25) is 0 Å². The van der Waals surface area contributed by atoms with E-state index in [4.69, 9.17) is 10.6 Å². The van der Waals surface area contributed by atoms with Gasteiger partial charge >= 0.3 is 0 Å². The highest BCUT2D eigenvalue weighted by atomic mass is 32.2. The van der Waals surface area contributed by atoms with Crippen LogP contribution in [0.1, 0.15) is 46.0 Å². The Bertz CT molecular complexity index is 244. The number of hydrogen-bond donors (Lipinski definition) is 2. The van der Waals surface area contributed by atoms with Crippen molar-refractivity contribution in [2.75, 3.05) is 12.4 Å². The number of hydrazine groups is 1. The van der Waals surface area contributed by atoms with Gasteiger partial charge in [-0.3, -0.25) is 11.3 Å². The predicted octanol–water partition coefficient (Wildman–Crippen LogP) is 2.31. The Morgan fingerprint density at radius 2 is 2.24 bits per heavy atom. The Morgan fingerprint density at radius 1 is 1.47 bits per heavy atom. The summed E-state index contributed by atoms with van der Waals surface area (Å²) in [5, 5.41) is 0.684. The maximum atomic E-state index is 5.98. The summed E-state index contributed by atoms with van der Waals surface area (Å²) in [6, 6.07) is 0.448. The summed E-state index contributed by atoms with van der Waals surface area (Å²) in [4.78, 5) is 0. The van der Waals surface area contributed by atoms with Crippen molar-refractivity contribution in [1.29, 1.82) is 0 Å². The monoisotopic (exact) mass is 258 g/mol. The van der Waals surface area contributed by atoms with Crippen LogP contribution in [0.5, 0.6) is 0 Å². The van der Waals surface area contributed by atoms with E-state index in [0.717, 1.165) is 18.8 Å². The number of thioether (sulfide) groups is 1. The first-order valence-electron chi connectivity index (χ1n) is 6.87. The van der Waals surface area contributed by atoms with Crippen molar-refractivity contribution in [2.24, 2.45) is 11.8 Å². The molecule has 0 aromatic heterocycles. The Morgan fingerprint density at radius 3 is 2.76 bits per heavy atom. The zero-order valence-electron chi connectivity index (χ0n) is 11.1. The van der Waals surface area contributed by atoms with E-state index in [1.54, 1.807) is 0 Å². The van der Waals surface area contributed by atoms with Crippen molar-refractivity contribution in [2.45, 2.75) is 62.8 Å². The molecule has 100 valence electrons. The van der Waals surface area contributed by atoms with E-state index in [1.807, 2.05) is 11.8 Å². The summed E-state index contributed by atoms with van der Waals surface area (Å²) in [6.07, 6.45) is 6.24. The van der Waals surface area contributed by atoms with Crippen LogP contribution < -0.4 is 11.3 Å². The quantitative estimate of drug-likeness (QED) is 0.587. The van der Waals surface area contributed by atoms with Gasteiger partial charge in [-0.1, -0.05) is 13.8 Å². The van der Waals surface area contributed by atoms with Crippen LogP contribution in [-0.4, -0.2) is 29.3 Å². The third kappa shape index (κ3) is 3.37. The van der Waals surface area contributed by atoms with Crippen LogP contribution in [0.3, 0.4) is 0 Å². The van der Waals surface area contributed by atoms with Gasteiger partial charge < -0.3 is 4.74 Å². The molecule has 2 atom stereocenters. The topological polar surface area (TPSA) is 47.3 Å². The number of hydrogen-bond acceptors (Lipinski definition) is 4. The molecule has 1 heterocycles. The maximum Gasteiger partial charge on any atom is 0.0685 e. The van der Waals surface area contributed by atoms with Gasteiger partial charge in [0, 0.05) is 18.4 Å². The summed E-state index contributed by atoms with van der Waals surface area (Å²) in [7, 11) is 0. The summed E-state index contributed by atoms with van der Waals surface area (Å²) in [5.41, 5.74) is 3.27. The lowest BCUT2D eigenvalue weighted by Crippen LogP contribution is -2.52. The number of nitrogens with one attached hydrogen (secondary N) is 1. The Labute approximate surface area is 109 Å². The SMILES string of the molecule is CC(C)SCC(NN)C1CCOC2(CCC2)C1. The zero-order valence-corrected chi connectivity index (χ0v) is 11.9. The molecule has 1 aliphatic heterocycles. The lowest BCUT2D eigenvalue weighted by atomic mass is 9.70. The van der Waals surface area contributed by atoms with Crippen LogP contribution in [0.4, 0.5) is 0 Å². The molecule has 0 aromatic rings. The second kappa shape index (κ2) is 5.91. The van der Waals surface area contributed by atoms with Crippen molar-refractivity contribution in [3.8, 4) is 0 Å². The van der Waals surface area contributed by atoms with Crippen molar-refractivity contribution >= 4 is 11.8 Å². The van der Waals surface area contributed by atoms with Crippen LogP contribution in [0.15, 0.2) is 0 Å². The third-order valence-corrected chi connectivity index (χ3v) is 5.41. The molecule has 0 radical (unpaired) electrons. The number of rotatable bonds is 5. The van der Waals surface area contributed by atoms with Crippen LogP contribution in [-0.2, 0) is 4.74 Å². The molecule has 1 aliphatic carbocycles. The Balaban J connectivity index is 1.85. The fourth-order valence-corrected chi connectivity index (χ4v) is 3.91. The van der Waals surface area contributed by atoms with Crippen molar-refractivity contribution in [3.63, 3.8) is 0 Å². The molecule has 0 amide bonds. The molecular formula is C13H26N2OS. The highest BCUT2D eigenvalue weighted by Crippen LogP contribution is 2.45. The van der Waals surface area contributed by atoms with Crippen LogP contribution >= 0.6 is 11.8 Å². The molecule has 2 rings (SSSR count). The summed E-state index contributed by atoms with van der Waals surface area (Å²) >= 11 is 2.00. The first-order chi connectivity index (χ1) is 8.15. The highest BCUT2D eigenvalue weighted by Gasteiger charge is 2.44. The molecule has 0 bridgehead atoms. The second-order valence-corrected chi connectivity index (χ2v) is 7.40. The smallest absolute Gasteiger partial charge is 0.0685 e. The van der Waals surface area contributed by atoms with Gasteiger partial charge in [-0.2, -0.15) is 11.8 Å². The summed E-state index contributed by atoms with van der Waals surface area (Å²) in [5.74, 6) is 7.55. The fourth-order valence-electron chi connectivity index (χ4n) is 2.95. The van der Waals surface area contributed by atoms with E-state index in [9.17, 15) is 0 Å². The molecule has 1 saturated heterocycles. The van der Waals surface area contributed by atoms with E-state index in [1.165, 1.54) is 25.7 Å². The van der Waals surface area contributed by atoms with Gasteiger partial charge in [0.05, 0.1) is 5.60 Å². The molecule has 2 aliphatic rings. The third-order valence-electron chi connectivity index (χ3n) is 4.19. The predicted molar refractivity (Wildman–Crippen MR) is 74.0 cm³/mol. The highest BCUT2D eigenvalue weighted by molar-refractivity contribution is 7.99. The molecule has 4 heteroatoms. The van der Waals surface area contributed by atoms with E-state index in [2.05, 4.69) is 19.3 Å². The van der Waals surface area contributed by atoms with Gasteiger partial charge in [0.2, 0.25) is 0 Å². The maximum absolute atomic E-state index is 5.98. The minimum absolute atomic E-state index is 0.237. The lowest BCUT2D eigenvalue weighted by Gasteiger charge is -2.48. The van der Waals surface area contributed by atoms with E-state index >= 15 is 0 Å². The largest absolute Gasteiger partial charge is 0.375 e. The normalized spacial score (nSPS) is 29.3. The molecule has 1 spiro atoms. The summed E-state index contributed by atoms with van der Waals surface area (Å²) in [6.45, 7) is 5.42. The molecule has 0 aromatic carbocycles. The first-order valence-corrected chi connectivity index (χ1v) is 7.92. The Hall–Kier alpha value is 0.230. The molecular weight excluding hydrogens is 232 g/mol. The van der Waals surface area contributed by atoms with Crippen molar-refractivity contribution in [3.05, 3.63) is 0 Å².